The van der Waals surface area contributed by atoms with Crippen LogP contribution in [0.25, 0.3) is 0 Å². The van der Waals surface area contributed by atoms with Gasteiger partial charge in [-0.2, -0.15) is 0 Å². The molecule has 0 aliphatic rings. The fourth-order valence-corrected chi connectivity index (χ4v) is 3.69. The Labute approximate surface area is 110 Å². The van der Waals surface area contributed by atoms with E-state index in [2.05, 4.69) is 17.2 Å². The largest absolute Gasteiger partial charge is 0.468 e. The van der Waals surface area contributed by atoms with E-state index in [4.69, 9.17) is 4.74 Å². The highest BCUT2D eigenvalue weighted by molar-refractivity contribution is 8.01. The standard InChI is InChI=1S/C11H18N2O2S2/c1-8(17-10-13-5-6-16-10)7-11(2,12-3)9(14)15-4/h5-6,8,12H,7H2,1-4H3. The Morgan fingerprint density at radius 1 is 1.76 bits per heavy atom. The minimum Gasteiger partial charge on any atom is -0.468 e. The molecule has 0 amide bonds. The van der Waals surface area contributed by atoms with Crippen LogP contribution in [-0.2, 0) is 9.53 Å². The third-order valence-corrected chi connectivity index (χ3v) is 4.61. The van der Waals surface area contributed by atoms with E-state index < -0.39 is 5.54 Å². The minimum absolute atomic E-state index is 0.230. The number of hydrogen-bond donors (Lipinski definition) is 1. The number of hydrogen-bond acceptors (Lipinski definition) is 6. The summed E-state index contributed by atoms with van der Waals surface area (Å²) in [5.41, 5.74) is -0.640. The summed E-state index contributed by atoms with van der Waals surface area (Å²) in [5, 5.41) is 5.28. The summed E-state index contributed by atoms with van der Waals surface area (Å²) in [7, 11) is 3.19. The Hall–Kier alpha value is -0.590. The Morgan fingerprint density at radius 2 is 2.47 bits per heavy atom. The lowest BCUT2D eigenvalue weighted by Gasteiger charge is -2.28. The first kappa shape index (κ1) is 14.5. The number of ether oxygens (including phenoxy) is 1. The van der Waals surface area contributed by atoms with E-state index in [0.717, 1.165) is 4.34 Å². The molecule has 1 aromatic rings. The SMILES string of the molecule is CNC(C)(CC(C)Sc1nccs1)C(=O)OC. The maximum atomic E-state index is 11.7. The first-order chi connectivity index (χ1) is 8.01. The lowest BCUT2D eigenvalue weighted by Crippen LogP contribution is -2.49. The molecule has 0 fully saturated rings. The van der Waals surface area contributed by atoms with Crippen molar-refractivity contribution in [1.82, 2.24) is 10.3 Å². The molecule has 0 bridgehead atoms. The normalized spacial score (nSPS) is 16.2. The van der Waals surface area contributed by atoms with Gasteiger partial charge in [0.2, 0.25) is 0 Å². The number of thiazole rings is 1. The monoisotopic (exact) mass is 274 g/mol. The molecule has 1 aromatic heterocycles. The molecule has 0 aliphatic carbocycles. The fraction of sp³-hybridized carbons (Fsp3) is 0.636. The molecule has 0 saturated carbocycles. The van der Waals surface area contributed by atoms with E-state index in [-0.39, 0.29) is 11.2 Å². The van der Waals surface area contributed by atoms with Crippen molar-refractivity contribution in [3.05, 3.63) is 11.6 Å². The highest BCUT2D eigenvalue weighted by atomic mass is 32.2. The minimum atomic E-state index is -0.640. The van der Waals surface area contributed by atoms with Gasteiger partial charge >= 0.3 is 5.97 Å². The molecule has 17 heavy (non-hydrogen) atoms. The van der Waals surface area contributed by atoms with Crippen LogP contribution >= 0.6 is 23.1 Å². The summed E-state index contributed by atoms with van der Waals surface area (Å²) < 4.78 is 5.85. The predicted octanol–water partition coefficient (Wildman–Crippen LogP) is 2.16. The number of aromatic nitrogens is 1. The van der Waals surface area contributed by atoms with Crippen molar-refractivity contribution in [1.29, 1.82) is 0 Å². The van der Waals surface area contributed by atoms with Crippen molar-refractivity contribution in [2.24, 2.45) is 0 Å². The molecular formula is C11H18N2O2S2. The van der Waals surface area contributed by atoms with Gasteiger partial charge in [0.05, 0.1) is 7.11 Å². The maximum absolute atomic E-state index is 11.7. The third-order valence-electron chi connectivity index (χ3n) is 2.60. The molecule has 4 nitrogen and oxygen atoms in total. The Morgan fingerprint density at radius 3 is 2.94 bits per heavy atom. The van der Waals surface area contributed by atoms with Crippen LogP contribution in [0.15, 0.2) is 15.9 Å². The first-order valence-electron chi connectivity index (χ1n) is 5.35. The number of carbonyl (C=O) groups excluding carboxylic acids is 1. The van der Waals surface area contributed by atoms with Gasteiger partial charge in [-0.05, 0) is 20.4 Å². The molecule has 2 atom stereocenters. The molecule has 0 spiro atoms. The number of likely N-dealkylation sites (N-methyl/N-ethyl adjacent to an activating group) is 1. The number of rotatable bonds is 6. The van der Waals surface area contributed by atoms with Gasteiger partial charge in [-0.1, -0.05) is 18.7 Å². The topological polar surface area (TPSA) is 51.2 Å². The van der Waals surface area contributed by atoms with Gasteiger partial charge in [0.15, 0.2) is 0 Å². The summed E-state index contributed by atoms with van der Waals surface area (Å²) in [6.45, 7) is 3.95. The zero-order valence-corrected chi connectivity index (χ0v) is 12.2. The predicted molar refractivity (Wildman–Crippen MR) is 71.5 cm³/mol. The van der Waals surface area contributed by atoms with Gasteiger partial charge in [0.25, 0.3) is 0 Å². The molecule has 1 N–H and O–H groups in total. The van der Waals surface area contributed by atoms with Crippen molar-refractivity contribution < 1.29 is 9.53 Å². The van der Waals surface area contributed by atoms with Crippen LogP contribution in [0, 0.1) is 0 Å². The number of esters is 1. The van der Waals surface area contributed by atoms with Gasteiger partial charge in [0, 0.05) is 16.8 Å². The number of nitrogens with zero attached hydrogens (tertiary/aromatic N) is 1. The summed E-state index contributed by atoms with van der Waals surface area (Å²) in [5.74, 6) is -0.230. The summed E-state index contributed by atoms with van der Waals surface area (Å²) >= 11 is 3.29. The van der Waals surface area contributed by atoms with E-state index in [1.807, 2.05) is 12.3 Å². The van der Waals surface area contributed by atoms with Gasteiger partial charge in [-0.15, -0.1) is 11.3 Å². The molecular weight excluding hydrogens is 256 g/mol. The molecule has 0 aliphatic heterocycles. The maximum Gasteiger partial charge on any atom is 0.325 e. The first-order valence-corrected chi connectivity index (χ1v) is 7.11. The van der Waals surface area contributed by atoms with Crippen LogP contribution in [0.1, 0.15) is 20.3 Å². The average Bonchev–Trinajstić information content (AvgIpc) is 2.80. The van der Waals surface area contributed by atoms with Gasteiger partial charge < -0.3 is 10.1 Å². The van der Waals surface area contributed by atoms with E-state index in [9.17, 15) is 4.79 Å². The zero-order valence-electron chi connectivity index (χ0n) is 10.5. The second kappa shape index (κ2) is 6.37. The van der Waals surface area contributed by atoms with Crippen molar-refractivity contribution in [3.8, 4) is 0 Å². The number of carbonyl (C=O) groups is 1. The van der Waals surface area contributed by atoms with Crippen LogP contribution in [0.3, 0.4) is 0 Å². The second-order valence-electron chi connectivity index (χ2n) is 4.00. The van der Waals surface area contributed by atoms with E-state index in [0.29, 0.717) is 6.42 Å². The average molecular weight is 274 g/mol. The van der Waals surface area contributed by atoms with Gasteiger partial charge in [0.1, 0.15) is 9.88 Å². The molecule has 6 heteroatoms. The number of methoxy groups -OCH3 is 1. The van der Waals surface area contributed by atoms with Crippen LogP contribution in [0.4, 0.5) is 0 Å². The molecule has 1 heterocycles. The fourth-order valence-electron chi connectivity index (χ4n) is 1.57. The summed E-state index contributed by atoms with van der Waals surface area (Å²) in [6.07, 6.45) is 2.48. The lowest BCUT2D eigenvalue weighted by molar-refractivity contribution is -0.147. The third kappa shape index (κ3) is 3.97. The molecule has 0 radical (unpaired) electrons. The Kier molecular flexibility index (Phi) is 5.42. The van der Waals surface area contributed by atoms with Gasteiger partial charge in [-0.25, -0.2) is 4.98 Å². The smallest absolute Gasteiger partial charge is 0.325 e. The quantitative estimate of drug-likeness (QED) is 0.636. The second-order valence-corrected chi connectivity index (χ2v) is 6.58. The Balaban J connectivity index is 2.59. The van der Waals surface area contributed by atoms with Crippen LogP contribution in [-0.4, -0.2) is 35.9 Å². The highest BCUT2D eigenvalue weighted by Crippen LogP contribution is 2.30. The summed E-state index contributed by atoms with van der Waals surface area (Å²) in [6, 6.07) is 0. The molecule has 1 rings (SSSR count). The van der Waals surface area contributed by atoms with Crippen LogP contribution in [0.5, 0.6) is 0 Å². The van der Waals surface area contributed by atoms with Crippen molar-refractivity contribution in [2.75, 3.05) is 14.2 Å². The molecule has 96 valence electrons. The van der Waals surface area contributed by atoms with E-state index in [1.54, 1.807) is 36.3 Å². The zero-order chi connectivity index (χ0) is 12.9. The number of thioether (sulfide) groups is 1. The molecule has 0 saturated heterocycles. The van der Waals surface area contributed by atoms with Gasteiger partial charge in [-0.3, -0.25) is 4.79 Å². The van der Waals surface area contributed by atoms with E-state index >= 15 is 0 Å². The molecule has 0 aromatic carbocycles. The molecule has 2 unspecified atom stereocenters. The lowest BCUT2D eigenvalue weighted by atomic mass is 9.96. The summed E-state index contributed by atoms with van der Waals surface area (Å²) in [4.78, 5) is 15.9. The number of nitrogens with one attached hydrogen (secondary N) is 1. The highest BCUT2D eigenvalue weighted by Gasteiger charge is 2.34. The van der Waals surface area contributed by atoms with Crippen molar-refractivity contribution >= 4 is 29.1 Å². The van der Waals surface area contributed by atoms with E-state index in [1.165, 1.54) is 7.11 Å². The van der Waals surface area contributed by atoms with Crippen LogP contribution < -0.4 is 5.32 Å². The van der Waals surface area contributed by atoms with Crippen molar-refractivity contribution in [2.45, 2.75) is 35.4 Å². The Bertz CT molecular complexity index is 356. The van der Waals surface area contributed by atoms with Crippen LogP contribution in [0.2, 0.25) is 0 Å². The van der Waals surface area contributed by atoms with Crippen molar-refractivity contribution in [3.63, 3.8) is 0 Å².